The Bertz CT molecular complexity index is 322. The molecule has 0 saturated heterocycles. The number of rotatable bonds is 3. The summed E-state index contributed by atoms with van der Waals surface area (Å²) in [5.41, 5.74) is 2.23. The molecule has 1 rings (SSSR count). The first-order chi connectivity index (χ1) is 7.00. The lowest BCUT2D eigenvalue weighted by atomic mass is 9.91. The van der Waals surface area contributed by atoms with Gasteiger partial charge in [-0.1, -0.05) is 56.3 Å². The molecule has 2 nitrogen and oxygen atoms in total. The Hall–Kier alpha value is -1.31. The molecule has 0 spiro atoms. The van der Waals surface area contributed by atoms with E-state index in [0.29, 0.717) is 6.61 Å². The fraction of sp³-hybridized carbons (Fsp3) is 0.462. The molecule has 0 radical (unpaired) electrons. The van der Waals surface area contributed by atoms with E-state index >= 15 is 0 Å². The van der Waals surface area contributed by atoms with Crippen LogP contribution in [0.3, 0.4) is 0 Å². The number of hydrogen-bond acceptors (Lipinski definition) is 2. The molecule has 0 fully saturated rings. The van der Waals surface area contributed by atoms with Crippen molar-refractivity contribution in [2.45, 2.75) is 34.3 Å². The van der Waals surface area contributed by atoms with Gasteiger partial charge in [0.05, 0.1) is 5.71 Å². The molecule has 0 aliphatic heterocycles. The Kier molecular flexibility index (Phi) is 3.89. The van der Waals surface area contributed by atoms with Crippen LogP contribution in [-0.4, -0.2) is 5.71 Å². The van der Waals surface area contributed by atoms with Gasteiger partial charge in [0.1, 0.15) is 6.61 Å². The zero-order valence-electron chi connectivity index (χ0n) is 9.95. The van der Waals surface area contributed by atoms with Gasteiger partial charge < -0.3 is 4.84 Å². The summed E-state index contributed by atoms with van der Waals surface area (Å²) in [7, 11) is 0. The molecular weight excluding hydrogens is 186 g/mol. The van der Waals surface area contributed by atoms with Gasteiger partial charge in [-0.15, -0.1) is 0 Å². The van der Waals surface area contributed by atoms with Crippen molar-refractivity contribution in [3.63, 3.8) is 0 Å². The van der Waals surface area contributed by atoms with E-state index in [4.69, 9.17) is 4.84 Å². The van der Waals surface area contributed by atoms with Gasteiger partial charge in [0, 0.05) is 5.41 Å². The van der Waals surface area contributed by atoms with Crippen LogP contribution in [0.5, 0.6) is 0 Å². The number of hydrogen-bond donors (Lipinski definition) is 0. The topological polar surface area (TPSA) is 21.6 Å². The average Bonchev–Trinajstić information content (AvgIpc) is 2.18. The molecule has 0 amide bonds. The van der Waals surface area contributed by atoms with Crippen molar-refractivity contribution < 1.29 is 4.84 Å². The van der Waals surface area contributed by atoms with Crippen molar-refractivity contribution in [1.29, 1.82) is 0 Å². The third-order valence-electron chi connectivity index (χ3n) is 2.36. The van der Waals surface area contributed by atoms with Crippen molar-refractivity contribution in [2.75, 3.05) is 0 Å². The van der Waals surface area contributed by atoms with E-state index in [0.717, 1.165) is 11.3 Å². The Morgan fingerprint density at radius 2 is 1.80 bits per heavy atom. The Balaban J connectivity index is 2.46. The van der Waals surface area contributed by atoms with Gasteiger partial charge in [-0.25, -0.2) is 0 Å². The lowest BCUT2D eigenvalue weighted by molar-refractivity contribution is 0.127. The van der Waals surface area contributed by atoms with E-state index in [-0.39, 0.29) is 5.41 Å². The van der Waals surface area contributed by atoms with E-state index in [2.05, 4.69) is 25.9 Å². The molecule has 0 aliphatic rings. The summed E-state index contributed by atoms with van der Waals surface area (Å²) < 4.78 is 0. The SMILES string of the molecule is C/C(=N/OCc1ccccc1)C(C)(C)C. The summed E-state index contributed by atoms with van der Waals surface area (Å²) in [5, 5.41) is 4.11. The van der Waals surface area contributed by atoms with Crippen molar-refractivity contribution >= 4 is 5.71 Å². The van der Waals surface area contributed by atoms with Crippen LogP contribution < -0.4 is 0 Å². The van der Waals surface area contributed by atoms with Gasteiger partial charge in [0.2, 0.25) is 0 Å². The van der Waals surface area contributed by atoms with Crippen LogP contribution in [0.2, 0.25) is 0 Å². The quantitative estimate of drug-likeness (QED) is 0.545. The molecule has 0 heterocycles. The molecule has 0 aliphatic carbocycles. The highest BCUT2D eigenvalue weighted by Gasteiger charge is 2.14. The monoisotopic (exact) mass is 205 g/mol. The molecule has 1 aromatic rings. The zero-order chi connectivity index (χ0) is 11.3. The van der Waals surface area contributed by atoms with Crippen molar-refractivity contribution in [2.24, 2.45) is 10.6 Å². The van der Waals surface area contributed by atoms with Crippen LogP contribution >= 0.6 is 0 Å². The second-order valence-corrected chi connectivity index (χ2v) is 4.69. The van der Waals surface area contributed by atoms with E-state index in [1.54, 1.807) is 0 Å². The highest BCUT2D eigenvalue weighted by molar-refractivity contribution is 5.86. The Morgan fingerprint density at radius 1 is 1.20 bits per heavy atom. The van der Waals surface area contributed by atoms with Gasteiger partial charge in [0.25, 0.3) is 0 Å². The summed E-state index contributed by atoms with van der Waals surface area (Å²) in [6.07, 6.45) is 0. The second kappa shape index (κ2) is 4.96. The lowest BCUT2D eigenvalue weighted by Crippen LogP contribution is -2.17. The van der Waals surface area contributed by atoms with Gasteiger partial charge in [-0.2, -0.15) is 0 Å². The van der Waals surface area contributed by atoms with Gasteiger partial charge in [0.15, 0.2) is 0 Å². The standard InChI is InChI=1S/C13H19NO/c1-11(13(2,3)4)14-15-10-12-8-6-5-7-9-12/h5-9H,10H2,1-4H3/b14-11-. The van der Waals surface area contributed by atoms with Gasteiger partial charge in [-0.05, 0) is 12.5 Å². The van der Waals surface area contributed by atoms with Crippen LogP contribution in [0.25, 0.3) is 0 Å². The zero-order valence-corrected chi connectivity index (χ0v) is 9.95. The van der Waals surface area contributed by atoms with Gasteiger partial charge in [-0.3, -0.25) is 0 Å². The van der Waals surface area contributed by atoms with Crippen molar-refractivity contribution in [1.82, 2.24) is 0 Å². The van der Waals surface area contributed by atoms with Crippen LogP contribution in [0.4, 0.5) is 0 Å². The number of benzene rings is 1. The predicted molar refractivity (Wildman–Crippen MR) is 63.8 cm³/mol. The summed E-state index contributed by atoms with van der Waals surface area (Å²) in [5.74, 6) is 0. The highest BCUT2D eigenvalue weighted by Crippen LogP contribution is 2.15. The third-order valence-corrected chi connectivity index (χ3v) is 2.36. The maximum absolute atomic E-state index is 5.30. The van der Waals surface area contributed by atoms with Crippen molar-refractivity contribution in [3.8, 4) is 0 Å². The molecule has 0 saturated carbocycles. The Morgan fingerprint density at radius 3 is 2.33 bits per heavy atom. The smallest absolute Gasteiger partial charge is 0.142 e. The minimum Gasteiger partial charge on any atom is -0.391 e. The first kappa shape index (κ1) is 11.8. The Labute approximate surface area is 91.9 Å². The molecule has 0 N–H and O–H groups in total. The summed E-state index contributed by atoms with van der Waals surface area (Å²) in [6, 6.07) is 10.1. The van der Waals surface area contributed by atoms with Crippen LogP contribution in [0, 0.1) is 5.41 Å². The molecular formula is C13H19NO. The molecule has 1 aromatic carbocycles. The van der Waals surface area contributed by atoms with Gasteiger partial charge >= 0.3 is 0 Å². The fourth-order valence-electron chi connectivity index (χ4n) is 0.915. The number of oxime groups is 1. The maximum Gasteiger partial charge on any atom is 0.142 e. The minimum atomic E-state index is 0.0800. The normalized spacial score (nSPS) is 12.7. The summed E-state index contributed by atoms with van der Waals surface area (Å²) in [6.45, 7) is 8.90. The first-order valence-electron chi connectivity index (χ1n) is 5.21. The van der Waals surface area contributed by atoms with E-state index in [9.17, 15) is 0 Å². The van der Waals surface area contributed by atoms with E-state index in [1.165, 1.54) is 0 Å². The van der Waals surface area contributed by atoms with Crippen LogP contribution in [0.15, 0.2) is 35.5 Å². The van der Waals surface area contributed by atoms with E-state index < -0.39 is 0 Å². The molecule has 0 unspecified atom stereocenters. The summed E-state index contributed by atoms with van der Waals surface area (Å²) in [4.78, 5) is 5.30. The van der Waals surface area contributed by atoms with E-state index in [1.807, 2.05) is 37.3 Å². The first-order valence-corrected chi connectivity index (χ1v) is 5.21. The molecule has 15 heavy (non-hydrogen) atoms. The third kappa shape index (κ3) is 4.15. The van der Waals surface area contributed by atoms with Crippen LogP contribution in [-0.2, 0) is 11.4 Å². The maximum atomic E-state index is 5.30. The molecule has 82 valence electrons. The minimum absolute atomic E-state index is 0.0800. The average molecular weight is 205 g/mol. The number of nitrogens with zero attached hydrogens (tertiary/aromatic N) is 1. The molecule has 2 heteroatoms. The largest absolute Gasteiger partial charge is 0.391 e. The fourth-order valence-corrected chi connectivity index (χ4v) is 0.915. The molecule has 0 aromatic heterocycles. The van der Waals surface area contributed by atoms with Crippen LogP contribution in [0.1, 0.15) is 33.3 Å². The summed E-state index contributed by atoms with van der Waals surface area (Å²) >= 11 is 0. The molecule has 0 atom stereocenters. The predicted octanol–water partition coefficient (Wildman–Crippen LogP) is 3.63. The molecule has 0 bridgehead atoms. The highest BCUT2D eigenvalue weighted by atomic mass is 16.6. The second-order valence-electron chi connectivity index (χ2n) is 4.69. The van der Waals surface area contributed by atoms with Crippen molar-refractivity contribution in [3.05, 3.63) is 35.9 Å². The lowest BCUT2D eigenvalue weighted by Gasteiger charge is -2.16.